The van der Waals surface area contributed by atoms with Crippen molar-refractivity contribution in [3.8, 4) is 11.3 Å². The highest BCUT2D eigenvalue weighted by Gasteiger charge is 2.19. The predicted octanol–water partition coefficient (Wildman–Crippen LogP) is 2.03. The van der Waals surface area contributed by atoms with Gasteiger partial charge in [0, 0.05) is 24.4 Å². The monoisotopic (exact) mass is 272 g/mol. The minimum absolute atomic E-state index is 0.305. The molecule has 102 valence electrons. The fourth-order valence-electron chi connectivity index (χ4n) is 2.09. The van der Waals surface area contributed by atoms with Gasteiger partial charge in [0.2, 0.25) is 0 Å². The molecule has 0 spiro atoms. The number of aryl methyl sites for hydroxylation is 1. The zero-order chi connectivity index (χ0) is 14.1. The number of aliphatic hydroxyl groups excluding tert-OH is 1. The molecule has 5 nitrogen and oxygen atoms in total. The van der Waals surface area contributed by atoms with Crippen LogP contribution in [0.1, 0.15) is 17.4 Å². The summed E-state index contributed by atoms with van der Waals surface area (Å²) in [7, 11) is 1.78. The molecular formula is C14H13FN4O. The van der Waals surface area contributed by atoms with Crippen LogP contribution in [0.25, 0.3) is 11.3 Å². The normalized spacial score (nSPS) is 12.6. The molecule has 2 aromatic heterocycles. The van der Waals surface area contributed by atoms with Crippen LogP contribution in [-0.2, 0) is 7.05 Å². The zero-order valence-electron chi connectivity index (χ0n) is 10.8. The Bertz CT molecular complexity index is 717. The highest BCUT2D eigenvalue weighted by atomic mass is 19.1. The largest absolute Gasteiger partial charge is 0.382 e. The van der Waals surface area contributed by atoms with Crippen LogP contribution in [0, 0.1) is 5.82 Å². The second-order valence-corrected chi connectivity index (χ2v) is 4.52. The summed E-state index contributed by atoms with van der Waals surface area (Å²) in [6.45, 7) is 0. The van der Waals surface area contributed by atoms with Gasteiger partial charge in [-0.15, -0.1) is 0 Å². The minimum atomic E-state index is -0.880. The molecule has 0 aliphatic heterocycles. The maximum absolute atomic E-state index is 13.0. The molecule has 0 fully saturated rings. The van der Waals surface area contributed by atoms with Crippen molar-refractivity contribution in [3.63, 3.8) is 0 Å². The Hall–Kier alpha value is -2.47. The van der Waals surface area contributed by atoms with E-state index in [1.54, 1.807) is 42.3 Å². The standard InChI is InChI=1S/C14H13FN4O/c1-19-7-6-12(18-19)14(20)11-8-16-17-13(11)9-2-4-10(15)5-3-9/h2-8,14,20H,1H3,(H,16,17). The molecule has 0 bridgehead atoms. The molecule has 1 unspecified atom stereocenters. The number of hydrogen-bond acceptors (Lipinski definition) is 3. The number of aliphatic hydroxyl groups is 1. The van der Waals surface area contributed by atoms with E-state index in [1.165, 1.54) is 12.1 Å². The van der Waals surface area contributed by atoms with Gasteiger partial charge >= 0.3 is 0 Å². The van der Waals surface area contributed by atoms with Crippen molar-refractivity contribution in [3.05, 3.63) is 59.8 Å². The summed E-state index contributed by atoms with van der Waals surface area (Å²) in [5, 5.41) is 21.4. The predicted molar refractivity (Wildman–Crippen MR) is 71.3 cm³/mol. The first-order chi connectivity index (χ1) is 9.65. The average molecular weight is 272 g/mol. The van der Waals surface area contributed by atoms with Crippen LogP contribution in [-0.4, -0.2) is 25.1 Å². The van der Waals surface area contributed by atoms with Crippen molar-refractivity contribution in [1.82, 2.24) is 20.0 Å². The van der Waals surface area contributed by atoms with E-state index in [1.807, 2.05) is 0 Å². The van der Waals surface area contributed by atoms with E-state index < -0.39 is 6.10 Å². The van der Waals surface area contributed by atoms with Crippen LogP contribution in [0.15, 0.2) is 42.7 Å². The first-order valence-corrected chi connectivity index (χ1v) is 6.12. The van der Waals surface area contributed by atoms with Crippen molar-refractivity contribution in [2.75, 3.05) is 0 Å². The molecule has 0 saturated heterocycles. The lowest BCUT2D eigenvalue weighted by molar-refractivity contribution is 0.215. The van der Waals surface area contributed by atoms with Gasteiger partial charge in [-0.1, -0.05) is 0 Å². The first kappa shape index (κ1) is 12.6. The summed E-state index contributed by atoms with van der Waals surface area (Å²) in [5.41, 5.74) is 2.56. The SMILES string of the molecule is Cn1ccc(C(O)c2cn[nH]c2-c2ccc(F)cc2)n1. The van der Waals surface area contributed by atoms with E-state index in [9.17, 15) is 9.50 Å². The molecule has 3 aromatic rings. The van der Waals surface area contributed by atoms with Crippen LogP contribution in [0.4, 0.5) is 4.39 Å². The molecule has 3 rings (SSSR count). The fraction of sp³-hybridized carbons (Fsp3) is 0.143. The number of nitrogens with zero attached hydrogens (tertiary/aromatic N) is 3. The minimum Gasteiger partial charge on any atom is -0.382 e. The number of benzene rings is 1. The van der Waals surface area contributed by atoms with Gasteiger partial charge in [0.1, 0.15) is 11.9 Å². The van der Waals surface area contributed by atoms with E-state index in [0.717, 1.165) is 5.56 Å². The molecule has 0 aliphatic carbocycles. The molecule has 0 amide bonds. The van der Waals surface area contributed by atoms with E-state index in [2.05, 4.69) is 15.3 Å². The second kappa shape index (κ2) is 4.90. The van der Waals surface area contributed by atoms with E-state index in [-0.39, 0.29) is 5.82 Å². The molecule has 2 N–H and O–H groups in total. The number of aromatic nitrogens is 4. The van der Waals surface area contributed by atoms with Crippen LogP contribution in [0.2, 0.25) is 0 Å². The Morgan fingerprint density at radius 3 is 2.65 bits per heavy atom. The lowest BCUT2D eigenvalue weighted by Crippen LogP contribution is -2.02. The van der Waals surface area contributed by atoms with Gasteiger partial charge in [0.05, 0.1) is 17.6 Å². The van der Waals surface area contributed by atoms with Gasteiger partial charge in [-0.25, -0.2) is 4.39 Å². The van der Waals surface area contributed by atoms with Gasteiger partial charge in [0.15, 0.2) is 0 Å². The Balaban J connectivity index is 1.99. The summed E-state index contributed by atoms with van der Waals surface area (Å²) >= 11 is 0. The van der Waals surface area contributed by atoms with Crippen LogP contribution in [0.3, 0.4) is 0 Å². The molecule has 2 heterocycles. The Morgan fingerprint density at radius 2 is 2.00 bits per heavy atom. The lowest BCUT2D eigenvalue weighted by Gasteiger charge is -2.08. The van der Waals surface area contributed by atoms with Crippen LogP contribution >= 0.6 is 0 Å². The summed E-state index contributed by atoms with van der Waals surface area (Å²) in [5.74, 6) is -0.305. The second-order valence-electron chi connectivity index (χ2n) is 4.52. The van der Waals surface area contributed by atoms with E-state index in [0.29, 0.717) is 17.0 Å². The average Bonchev–Trinajstić information content (AvgIpc) is 3.07. The Morgan fingerprint density at radius 1 is 1.25 bits per heavy atom. The van der Waals surface area contributed by atoms with E-state index >= 15 is 0 Å². The zero-order valence-corrected chi connectivity index (χ0v) is 10.8. The number of aromatic amines is 1. The van der Waals surface area contributed by atoms with Gasteiger partial charge in [-0.3, -0.25) is 9.78 Å². The highest BCUT2D eigenvalue weighted by molar-refractivity contribution is 5.63. The molecule has 0 radical (unpaired) electrons. The molecule has 1 atom stereocenters. The van der Waals surface area contributed by atoms with Gasteiger partial charge in [0.25, 0.3) is 0 Å². The lowest BCUT2D eigenvalue weighted by atomic mass is 10.0. The van der Waals surface area contributed by atoms with Gasteiger partial charge in [-0.05, 0) is 30.3 Å². The number of H-pyrrole nitrogens is 1. The summed E-state index contributed by atoms with van der Waals surface area (Å²) < 4.78 is 14.6. The fourth-order valence-corrected chi connectivity index (χ4v) is 2.09. The van der Waals surface area contributed by atoms with Crippen LogP contribution < -0.4 is 0 Å². The van der Waals surface area contributed by atoms with Gasteiger partial charge < -0.3 is 5.11 Å². The molecule has 0 aliphatic rings. The topological polar surface area (TPSA) is 66.7 Å². The third kappa shape index (κ3) is 2.21. The van der Waals surface area contributed by atoms with Crippen molar-refractivity contribution >= 4 is 0 Å². The molecular weight excluding hydrogens is 259 g/mol. The smallest absolute Gasteiger partial charge is 0.126 e. The third-order valence-electron chi connectivity index (χ3n) is 3.11. The Kier molecular flexibility index (Phi) is 3.08. The number of halogens is 1. The number of rotatable bonds is 3. The van der Waals surface area contributed by atoms with Crippen molar-refractivity contribution in [2.45, 2.75) is 6.10 Å². The number of nitrogens with one attached hydrogen (secondary N) is 1. The van der Waals surface area contributed by atoms with Crippen LogP contribution in [0.5, 0.6) is 0 Å². The maximum atomic E-state index is 13.0. The summed E-state index contributed by atoms with van der Waals surface area (Å²) in [6.07, 6.45) is 2.43. The summed E-state index contributed by atoms with van der Waals surface area (Å²) in [6, 6.07) is 7.75. The van der Waals surface area contributed by atoms with Crippen molar-refractivity contribution in [2.24, 2.45) is 7.05 Å². The van der Waals surface area contributed by atoms with Crippen molar-refractivity contribution < 1.29 is 9.50 Å². The molecule has 20 heavy (non-hydrogen) atoms. The van der Waals surface area contributed by atoms with E-state index in [4.69, 9.17) is 0 Å². The quantitative estimate of drug-likeness (QED) is 0.766. The first-order valence-electron chi connectivity index (χ1n) is 6.12. The summed E-state index contributed by atoms with van der Waals surface area (Å²) in [4.78, 5) is 0. The third-order valence-corrected chi connectivity index (χ3v) is 3.11. The highest BCUT2D eigenvalue weighted by Crippen LogP contribution is 2.29. The molecule has 0 saturated carbocycles. The van der Waals surface area contributed by atoms with Gasteiger partial charge in [-0.2, -0.15) is 10.2 Å². The van der Waals surface area contributed by atoms with Crippen molar-refractivity contribution in [1.29, 1.82) is 0 Å². The number of hydrogen-bond donors (Lipinski definition) is 2. The maximum Gasteiger partial charge on any atom is 0.126 e. The Labute approximate surface area is 114 Å². The molecule has 6 heteroatoms. The molecule has 1 aromatic carbocycles.